The van der Waals surface area contributed by atoms with E-state index in [-0.39, 0.29) is 0 Å². The SMILES string of the molecule is CCNC(=NCCCN(CC)S(C)(=O)=O)NCCSC. The Hall–Kier alpha value is -0.470. The summed E-state index contributed by atoms with van der Waals surface area (Å²) in [5, 5.41) is 6.41. The van der Waals surface area contributed by atoms with Gasteiger partial charge in [-0.25, -0.2) is 12.7 Å². The van der Waals surface area contributed by atoms with Crippen molar-refractivity contribution in [3.63, 3.8) is 0 Å². The maximum atomic E-state index is 11.4. The fraction of sp³-hybridized carbons (Fsp3) is 0.917. The number of hydrogen-bond donors (Lipinski definition) is 2. The van der Waals surface area contributed by atoms with Crippen molar-refractivity contribution in [2.75, 3.05) is 51.0 Å². The van der Waals surface area contributed by atoms with Gasteiger partial charge in [-0.05, 0) is 19.6 Å². The summed E-state index contributed by atoms with van der Waals surface area (Å²) < 4.78 is 24.3. The highest BCUT2D eigenvalue weighted by Crippen LogP contribution is 1.99. The molecule has 0 aliphatic rings. The monoisotopic (exact) mass is 324 g/mol. The first-order chi connectivity index (χ1) is 9.45. The Balaban J connectivity index is 4.15. The molecule has 0 fully saturated rings. The fourth-order valence-corrected chi connectivity index (χ4v) is 2.85. The molecule has 0 aromatic carbocycles. The molecule has 2 N–H and O–H groups in total. The number of rotatable bonds is 10. The van der Waals surface area contributed by atoms with Gasteiger partial charge < -0.3 is 10.6 Å². The van der Waals surface area contributed by atoms with Crippen LogP contribution in [0.25, 0.3) is 0 Å². The van der Waals surface area contributed by atoms with Gasteiger partial charge in [-0.1, -0.05) is 6.92 Å². The molecule has 0 saturated carbocycles. The number of aliphatic imine (C=N–C) groups is 1. The maximum absolute atomic E-state index is 11.4. The molecule has 0 spiro atoms. The zero-order chi connectivity index (χ0) is 15.4. The summed E-state index contributed by atoms with van der Waals surface area (Å²) >= 11 is 1.78. The highest BCUT2D eigenvalue weighted by Gasteiger charge is 2.12. The minimum Gasteiger partial charge on any atom is -0.357 e. The van der Waals surface area contributed by atoms with Crippen LogP contribution in [0.4, 0.5) is 0 Å². The van der Waals surface area contributed by atoms with Crippen LogP contribution in [0.5, 0.6) is 0 Å². The second-order valence-electron chi connectivity index (χ2n) is 4.29. The highest BCUT2D eigenvalue weighted by molar-refractivity contribution is 7.98. The van der Waals surface area contributed by atoms with Gasteiger partial charge in [-0.2, -0.15) is 11.8 Å². The molecule has 8 heteroatoms. The van der Waals surface area contributed by atoms with Crippen LogP contribution in [0, 0.1) is 0 Å². The number of hydrogen-bond acceptors (Lipinski definition) is 4. The average Bonchev–Trinajstić information content (AvgIpc) is 2.37. The molecule has 0 radical (unpaired) electrons. The number of thioether (sulfide) groups is 1. The molecule has 0 rings (SSSR count). The van der Waals surface area contributed by atoms with Crippen LogP contribution in [-0.2, 0) is 10.0 Å². The zero-order valence-corrected chi connectivity index (χ0v) is 14.6. The molecular weight excluding hydrogens is 296 g/mol. The van der Waals surface area contributed by atoms with Crippen LogP contribution in [0.1, 0.15) is 20.3 Å². The minimum atomic E-state index is -3.09. The summed E-state index contributed by atoms with van der Waals surface area (Å²) in [6.45, 7) is 7.19. The van der Waals surface area contributed by atoms with Gasteiger partial charge in [0.2, 0.25) is 10.0 Å². The van der Waals surface area contributed by atoms with Crippen molar-refractivity contribution in [3.05, 3.63) is 0 Å². The van der Waals surface area contributed by atoms with Gasteiger partial charge in [0.15, 0.2) is 5.96 Å². The fourth-order valence-electron chi connectivity index (χ4n) is 1.61. The first-order valence-electron chi connectivity index (χ1n) is 6.91. The van der Waals surface area contributed by atoms with Crippen LogP contribution >= 0.6 is 11.8 Å². The van der Waals surface area contributed by atoms with Crippen molar-refractivity contribution in [1.29, 1.82) is 0 Å². The summed E-state index contributed by atoms with van der Waals surface area (Å²) in [6, 6.07) is 0. The van der Waals surface area contributed by atoms with Crippen molar-refractivity contribution in [3.8, 4) is 0 Å². The summed E-state index contributed by atoms with van der Waals surface area (Å²) in [5.74, 6) is 1.83. The molecule has 0 aliphatic carbocycles. The summed E-state index contributed by atoms with van der Waals surface area (Å²) in [6.07, 6.45) is 4.03. The van der Waals surface area contributed by atoms with Gasteiger partial charge in [0.05, 0.1) is 6.26 Å². The van der Waals surface area contributed by atoms with Gasteiger partial charge in [0.1, 0.15) is 0 Å². The van der Waals surface area contributed by atoms with Gasteiger partial charge in [0, 0.05) is 38.5 Å². The summed E-state index contributed by atoms with van der Waals surface area (Å²) in [7, 11) is -3.09. The largest absolute Gasteiger partial charge is 0.357 e. The summed E-state index contributed by atoms with van der Waals surface area (Å²) in [5.41, 5.74) is 0. The normalized spacial score (nSPS) is 12.8. The van der Waals surface area contributed by atoms with Crippen molar-refractivity contribution in [2.24, 2.45) is 4.99 Å². The third-order valence-electron chi connectivity index (χ3n) is 2.60. The number of guanidine groups is 1. The van der Waals surface area contributed by atoms with Gasteiger partial charge >= 0.3 is 0 Å². The van der Waals surface area contributed by atoms with E-state index < -0.39 is 10.0 Å². The van der Waals surface area contributed by atoms with Gasteiger partial charge in [-0.3, -0.25) is 4.99 Å². The third-order valence-corrected chi connectivity index (χ3v) is 4.59. The van der Waals surface area contributed by atoms with Crippen LogP contribution in [0.2, 0.25) is 0 Å². The molecule has 0 aromatic rings. The first-order valence-corrected chi connectivity index (χ1v) is 10.2. The Morgan fingerprint density at radius 2 is 2.00 bits per heavy atom. The number of nitrogens with one attached hydrogen (secondary N) is 2. The van der Waals surface area contributed by atoms with Crippen molar-refractivity contribution in [1.82, 2.24) is 14.9 Å². The van der Waals surface area contributed by atoms with Crippen LogP contribution in [0.3, 0.4) is 0 Å². The van der Waals surface area contributed by atoms with E-state index in [0.29, 0.717) is 19.6 Å². The molecule has 0 atom stereocenters. The highest BCUT2D eigenvalue weighted by atomic mass is 32.2. The van der Waals surface area contributed by atoms with E-state index in [0.717, 1.165) is 31.2 Å². The molecule has 0 aliphatic heterocycles. The molecule has 120 valence electrons. The molecule has 0 aromatic heterocycles. The molecule has 0 amide bonds. The Morgan fingerprint density at radius 1 is 1.30 bits per heavy atom. The lowest BCUT2D eigenvalue weighted by Crippen LogP contribution is -2.38. The molecule has 0 bridgehead atoms. The maximum Gasteiger partial charge on any atom is 0.211 e. The third kappa shape index (κ3) is 9.44. The predicted octanol–water partition coefficient (Wildman–Crippen LogP) is 0.576. The lowest BCUT2D eigenvalue weighted by Gasteiger charge is -2.17. The van der Waals surface area contributed by atoms with E-state index in [1.165, 1.54) is 10.6 Å². The second kappa shape index (κ2) is 11.2. The van der Waals surface area contributed by atoms with Crippen LogP contribution in [0.15, 0.2) is 4.99 Å². The van der Waals surface area contributed by atoms with E-state index in [4.69, 9.17) is 0 Å². The van der Waals surface area contributed by atoms with E-state index in [1.807, 2.05) is 13.8 Å². The molecule has 0 saturated heterocycles. The number of sulfonamides is 1. The van der Waals surface area contributed by atoms with E-state index in [2.05, 4.69) is 21.9 Å². The molecular formula is C12H28N4O2S2. The van der Waals surface area contributed by atoms with Crippen LogP contribution < -0.4 is 10.6 Å². The van der Waals surface area contributed by atoms with Crippen molar-refractivity contribution < 1.29 is 8.42 Å². The van der Waals surface area contributed by atoms with E-state index >= 15 is 0 Å². The second-order valence-corrected chi connectivity index (χ2v) is 7.26. The molecule has 0 heterocycles. The van der Waals surface area contributed by atoms with Gasteiger partial charge in [0.25, 0.3) is 0 Å². The average molecular weight is 325 g/mol. The van der Waals surface area contributed by atoms with E-state index in [1.54, 1.807) is 11.8 Å². The lowest BCUT2D eigenvalue weighted by molar-refractivity contribution is 0.427. The Bertz CT molecular complexity index is 372. The Morgan fingerprint density at radius 3 is 2.50 bits per heavy atom. The quantitative estimate of drug-likeness (QED) is 0.349. The topological polar surface area (TPSA) is 73.8 Å². The van der Waals surface area contributed by atoms with Crippen LogP contribution in [-0.4, -0.2) is 69.7 Å². The predicted molar refractivity (Wildman–Crippen MR) is 89.1 cm³/mol. The number of nitrogens with zero attached hydrogens (tertiary/aromatic N) is 2. The van der Waals surface area contributed by atoms with E-state index in [9.17, 15) is 8.42 Å². The molecule has 6 nitrogen and oxygen atoms in total. The molecule has 20 heavy (non-hydrogen) atoms. The van der Waals surface area contributed by atoms with Gasteiger partial charge in [-0.15, -0.1) is 0 Å². The zero-order valence-electron chi connectivity index (χ0n) is 13.0. The van der Waals surface area contributed by atoms with Crippen molar-refractivity contribution >= 4 is 27.7 Å². The standard InChI is InChI=1S/C12H28N4O2S2/c1-5-13-12(15-9-11-19-3)14-8-7-10-16(6-2)20(4,17)18/h5-11H2,1-4H3,(H2,13,14,15). The Labute approximate surface area is 127 Å². The molecule has 0 unspecified atom stereocenters. The lowest BCUT2D eigenvalue weighted by atomic mass is 10.4. The summed E-state index contributed by atoms with van der Waals surface area (Å²) in [4.78, 5) is 4.44. The first kappa shape index (κ1) is 19.5. The Kier molecular flexibility index (Phi) is 11.0. The minimum absolute atomic E-state index is 0.509. The van der Waals surface area contributed by atoms with Crippen molar-refractivity contribution in [2.45, 2.75) is 20.3 Å². The smallest absolute Gasteiger partial charge is 0.211 e.